The molecule has 2 fully saturated rings. The SMILES string of the molecule is O=S(=O)(c1ccccc1)c1cc(Nc2cc(C3CCCC3)[nH]n2)nc(NC2CCC(O)CC2)c1. The van der Waals surface area contributed by atoms with Gasteiger partial charge < -0.3 is 15.7 Å². The topological polar surface area (TPSA) is 120 Å². The van der Waals surface area contributed by atoms with Crippen LogP contribution in [0.1, 0.15) is 63.0 Å². The fourth-order valence-corrected chi connectivity index (χ4v) is 6.26. The third-order valence-corrected chi connectivity index (χ3v) is 8.61. The second kappa shape index (κ2) is 9.76. The number of aromatic amines is 1. The highest BCUT2D eigenvalue weighted by Crippen LogP contribution is 2.34. The molecule has 3 aromatic rings. The number of aliphatic hydroxyl groups is 1. The number of aliphatic hydroxyl groups excluding tert-OH is 1. The van der Waals surface area contributed by atoms with E-state index in [1.165, 1.54) is 12.8 Å². The van der Waals surface area contributed by atoms with Crippen molar-refractivity contribution < 1.29 is 13.5 Å². The number of aromatic nitrogens is 3. The molecule has 2 aliphatic carbocycles. The average molecular weight is 482 g/mol. The zero-order valence-electron chi connectivity index (χ0n) is 19.1. The number of hydrogen-bond acceptors (Lipinski definition) is 7. The number of pyridine rings is 1. The molecule has 0 bridgehead atoms. The van der Waals surface area contributed by atoms with Crippen LogP contribution >= 0.6 is 0 Å². The van der Waals surface area contributed by atoms with E-state index in [2.05, 4.69) is 25.8 Å². The first-order valence-electron chi connectivity index (χ1n) is 12.1. The van der Waals surface area contributed by atoms with Gasteiger partial charge in [-0.3, -0.25) is 5.10 Å². The molecule has 0 amide bonds. The molecule has 180 valence electrons. The number of H-pyrrole nitrogens is 1. The Bertz CT molecular complexity index is 1210. The van der Waals surface area contributed by atoms with Crippen LogP contribution in [0.3, 0.4) is 0 Å². The molecule has 2 saturated carbocycles. The molecule has 0 saturated heterocycles. The lowest BCUT2D eigenvalue weighted by atomic mass is 9.93. The van der Waals surface area contributed by atoms with Crippen LogP contribution in [0.5, 0.6) is 0 Å². The summed E-state index contributed by atoms with van der Waals surface area (Å²) in [7, 11) is -3.72. The second-order valence-electron chi connectivity index (χ2n) is 9.35. The molecule has 9 heteroatoms. The average Bonchev–Trinajstić information content (AvgIpc) is 3.53. The minimum absolute atomic E-state index is 0.137. The molecule has 0 aliphatic heterocycles. The predicted octanol–water partition coefficient (Wildman–Crippen LogP) is 4.75. The Morgan fingerprint density at radius 3 is 2.29 bits per heavy atom. The summed E-state index contributed by atoms with van der Waals surface area (Å²) in [5, 5.41) is 23.9. The fraction of sp³-hybridized carbons (Fsp3) is 0.440. The Balaban J connectivity index is 1.44. The summed E-state index contributed by atoms with van der Waals surface area (Å²) in [5.41, 5.74) is 1.10. The molecule has 2 aliphatic rings. The van der Waals surface area contributed by atoms with E-state index < -0.39 is 9.84 Å². The zero-order chi connectivity index (χ0) is 23.5. The van der Waals surface area contributed by atoms with Crippen LogP contribution in [-0.2, 0) is 9.84 Å². The van der Waals surface area contributed by atoms with E-state index in [4.69, 9.17) is 0 Å². The lowest BCUT2D eigenvalue weighted by Gasteiger charge is -2.27. The van der Waals surface area contributed by atoms with Crippen LogP contribution in [-0.4, -0.2) is 40.9 Å². The van der Waals surface area contributed by atoms with Crippen LogP contribution in [0.4, 0.5) is 17.5 Å². The molecule has 2 aromatic heterocycles. The summed E-state index contributed by atoms with van der Waals surface area (Å²) in [6.07, 6.45) is 7.60. The van der Waals surface area contributed by atoms with Gasteiger partial charge in [0.05, 0.1) is 15.9 Å². The Kier molecular flexibility index (Phi) is 6.56. The van der Waals surface area contributed by atoms with E-state index in [9.17, 15) is 13.5 Å². The molecule has 4 N–H and O–H groups in total. The molecular weight excluding hydrogens is 450 g/mol. The van der Waals surface area contributed by atoms with Crippen molar-refractivity contribution in [1.82, 2.24) is 15.2 Å². The van der Waals surface area contributed by atoms with E-state index in [1.807, 2.05) is 6.07 Å². The summed E-state index contributed by atoms with van der Waals surface area (Å²) in [6, 6.07) is 13.7. The summed E-state index contributed by atoms with van der Waals surface area (Å²) in [4.78, 5) is 5.06. The van der Waals surface area contributed by atoms with Crippen molar-refractivity contribution in [3.8, 4) is 0 Å². The van der Waals surface area contributed by atoms with Gasteiger partial charge in [-0.05, 0) is 56.7 Å². The van der Waals surface area contributed by atoms with Crippen molar-refractivity contribution in [1.29, 1.82) is 0 Å². The highest BCUT2D eigenvalue weighted by Gasteiger charge is 2.24. The van der Waals surface area contributed by atoms with Gasteiger partial charge in [0.25, 0.3) is 0 Å². The van der Waals surface area contributed by atoms with E-state index in [-0.39, 0.29) is 21.9 Å². The maximum Gasteiger partial charge on any atom is 0.206 e. The Hall–Kier alpha value is -2.91. The number of benzene rings is 1. The molecule has 8 nitrogen and oxygen atoms in total. The molecule has 1 aromatic carbocycles. The minimum Gasteiger partial charge on any atom is -0.393 e. The highest BCUT2D eigenvalue weighted by molar-refractivity contribution is 7.91. The maximum atomic E-state index is 13.4. The standard InChI is InChI=1S/C25H31N5O3S/c31-19-12-10-18(11-13-19)26-23-14-21(34(32,33)20-8-2-1-3-9-20)15-24(27-23)28-25-16-22(29-30-25)17-6-4-5-7-17/h1-3,8-9,14-19,31H,4-7,10-13H2,(H3,26,27,28,29,30). The third kappa shape index (κ3) is 5.10. The first-order chi connectivity index (χ1) is 16.5. The van der Waals surface area contributed by atoms with Gasteiger partial charge in [0.1, 0.15) is 11.6 Å². The third-order valence-electron chi connectivity index (χ3n) is 6.86. The molecule has 0 atom stereocenters. The Morgan fingerprint density at radius 1 is 0.853 bits per heavy atom. The van der Waals surface area contributed by atoms with E-state index in [0.29, 0.717) is 23.4 Å². The number of nitrogens with one attached hydrogen (secondary N) is 3. The number of anilines is 3. The van der Waals surface area contributed by atoms with E-state index in [1.54, 1.807) is 42.5 Å². The Morgan fingerprint density at radius 2 is 1.56 bits per heavy atom. The Labute approximate surface area is 200 Å². The van der Waals surface area contributed by atoms with Crippen molar-refractivity contribution >= 4 is 27.3 Å². The molecule has 34 heavy (non-hydrogen) atoms. The molecule has 0 spiro atoms. The van der Waals surface area contributed by atoms with E-state index in [0.717, 1.165) is 44.2 Å². The second-order valence-corrected chi connectivity index (χ2v) is 11.3. The fourth-order valence-electron chi connectivity index (χ4n) is 4.94. The summed E-state index contributed by atoms with van der Waals surface area (Å²) >= 11 is 0. The van der Waals surface area contributed by atoms with Crippen molar-refractivity contribution in [2.75, 3.05) is 10.6 Å². The summed E-state index contributed by atoms with van der Waals surface area (Å²) < 4.78 is 26.7. The van der Waals surface area contributed by atoms with Gasteiger partial charge in [-0.25, -0.2) is 13.4 Å². The van der Waals surface area contributed by atoms with Gasteiger partial charge in [-0.15, -0.1) is 0 Å². The zero-order valence-corrected chi connectivity index (χ0v) is 19.9. The van der Waals surface area contributed by atoms with Gasteiger partial charge in [0.15, 0.2) is 5.82 Å². The quantitative estimate of drug-likeness (QED) is 0.384. The smallest absolute Gasteiger partial charge is 0.206 e. The first-order valence-corrected chi connectivity index (χ1v) is 13.5. The van der Waals surface area contributed by atoms with Gasteiger partial charge in [-0.2, -0.15) is 5.10 Å². The number of rotatable bonds is 7. The van der Waals surface area contributed by atoms with Gasteiger partial charge in [0, 0.05) is 29.8 Å². The van der Waals surface area contributed by atoms with Crippen LogP contribution in [0.25, 0.3) is 0 Å². The van der Waals surface area contributed by atoms with Crippen LogP contribution < -0.4 is 10.6 Å². The first kappa shape index (κ1) is 22.9. The minimum atomic E-state index is -3.72. The van der Waals surface area contributed by atoms with Gasteiger partial charge in [-0.1, -0.05) is 31.0 Å². The maximum absolute atomic E-state index is 13.4. The number of hydrogen-bond donors (Lipinski definition) is 4. The summed E-state index contributed by atoms with van der Waals surface area (Å²) in [6.45, 7) is 0. The molecule has 0 radical (unpaired) electrons. The van der Waals surface area contributed by atoms with Crippen molar-refractivity contribution in [3.05, 3.63) is 54.2 Å². The highest BCUT2D eigenvalue weighted by atomic mass is 32.2. The van der Waals surface area contributed by atoms with Crippen molar-refractivity contribution in [2.45, 2.75) is 79.2 Å². The summed E-state index contributed by atoms with van der Waals surface area (Å²) in [5.74, 6) is 2.03. The lowest BCUT2D eigenvalue weighted by Crippen LogP contribution is -2.28. The van der Waals surface area contributed by atoms with Crippen LogP contribution in [0.2, 0.25) is 0 Å². The van der Waals surface area contributed by atoms with Crippen LogP contribution in [0, 0.1) is 0 Å². The van der Waals surface area contributed by atoms with Crippen molar-refractivity contribution in [2.24, 2.45) is 0 Å². The van der Waals surface area contributed by atoms with Crippen LogP contribution in [0.15, 0.2) is 58.3 Å². The molecule has 0 unspecified atom stereocenters. The normalized spacial score (nSPS) is 21.4. The molecule has 2 heterocycles. The molecular formula is C25H31N5O3S. The number of sulfone groups is 1. The lowest BCUT2D eigenvalue weighted by molar-refractivity contribution is 0.126. The van der Waals surface area contributed by atoms with Gasteiger partial charge in [0.2, 0.25) is 9.84 Å². The number of nitrogens with zero attached hydrogens (tertiary/aromatic N) is 2. The van der Waals surface area contributed by atoms with Gasteiger partial charge >= 0.3 is 0 Å². The molecule has 5 rings (SSSR count). The monoisotopic (exact) mass is 481 g/mol. The predicted molar refractivity (Wildman–Crippen MR) is 131 cm³/mol. The van der Waals surface area contributed by atoms with E-state index >= 15 is 0 Å². The largest absolute Gasteiger partial charge is 0.393 e. The van der Waals surface area contributed by atoms with Crippen molar-refractivity contribution in [3.63, 3.8) is 0 Å².